The van der Waals surface area contributed by atoms with Crippen LogP contribution >= 0.6 is 23.4 Å². The number of Topliss-reactive ketones (excluding diaryl/α,β-unsaturated/α-hetero) is 1. The van der Waals surface area contributed by atoms with E-state index in [0.717, 1.165) is 5.56 Å². The Morgan fingerprint density at radius 3 is 2.16 bits per heavy atom. The summed E-state index contributed by atoms with van der Waals surface area (Å²) in [6.07, 6.45) is 0.221. The molecule has 16 nitrogen and oxygen atoms in total. The third-order valence-electron chi connectivity index (χ3n) is 9.33. The zero-order chi connectivity index (χ0) is 45.0. The van der Waals surface area contributed by atoms with Crippen molar-refractivity contribution >= 4 is 58.5 Å². The molecule has 2 heterocycles. The quantitative estimate of drug-likeness (QED) is 0.0435. The molecule has 4 aromatic rings. The van der Waals surface area contributed by atoms with Gasteiger partial charge < -0.3 is 41.1 Å². The zero-order valence-corrected chi connectivity index (χ0v) is 36.2. The highest BCUT2D eigenvalue weighted by atomic mass is 35.5. The summed E-state index contributed by atoms with van der Waals surface area (Å²) >= 11 is 7.21. The van der Waals surface area contributed by atoms with Gasteiger partial charge in [-0.05, 0) is 67.6 Å². The van der Waals surface area contributed by atoms with Gasteiger partial charge in [0.1, 0.15) is 54.0 Å². The van der Waals surface area contributed by atoms with Gasteiger partial charge in [0, 0.05) is 28.3 Å². The van der Waals surface area contributed by atoms with Gasteiger partial charge in [0.25, 0.3) is 0 Å². The molecule has 0 bridgehead atoms. The average molecular weight is 873 g/mol. The number of hydrogen-bond acceptors (Lipinski definition) is 15. The van der Waals surface area contributed by atoms with E-state index in [9.17, 15) is 24.4 Å². The summed E-state index contributed by atoms with van der Waals surface area (Å²) < 4.78 is 23.0. The molecule has 0 aliphatic heterocycles. The van der Waals surface area contributed by atoms with Crippen LogP contribution in [0.25, 0.3) is 27.4 Å². The van der Waals surface area contributed by atoms with Gasteiger partial charge in [-0.1, -0.05) is 63.2 Å². The summed E-state index contributed by atoms with van der Waals surface area (Å²) in [5.41, 5.74) is 19.9. The number of nitrogens with zero attached hydrogens (tertiary/aromatic N) is 4. The van der Waals surface area contributed by atoms with Gasteiger partial charge in [0.15, 0.2) is 6.10 Å². The maximum absolute atomic E-state index is 13.4. The van der Waals surface area contributed by atoms with Crippen LogP contribution in [0, 0.1) is 35.7 Å². The number of amides is 1. The Labute approximate surface area is 363 Å². The third kappa shape index (κ3) is 13.0. The number of benzene rings is 2. The van der Waals surface area contributed by atoms with Gasteiger partial charge >= 0.3 is 11.9 Å². The van der Waals surface area contributed by atoms with Crippen LogP contribution < -0.4 is 27.3 Å². The number of oxazole rings is 1. The Morgan fingerprint density at radius 2 is 1.59 bits per heavy atom. The highest BCUT2D eigenvalue weighted by Gasteiger charge is 2.32. The normalized spacial score (nSPS) is 13.6. The number of ketones is 1. The fourth-order valence-corrected chi connectivity index (χ4v) is 6.73. The molecule has 0 unspecified atom stereocenters. The van der Waals surface area contributed by atoms with Crippen molar-refractivity contribution in [2.45, 2.75) is 83.0 Å². The van der Waals surface area contributed by atoms with Crippen molar-refractivity contribution in [1.29, 1.82) is 5.26 Å². The largest absolute Gasteiger partial charge is 0.490 e. The summed E-state index contributed by atoms with van der Waals surface area (Å²) in [5.74, 6) is -2.89. The van der Waals surface area contributed by atoms with Crippen molar-refractivity contribution in [1.82, 2.24) is 15.3 Å². The molecular formula is C43H49ClN8O8S. The molecule has 0 saturated heterocycles. The second-order valence-corrected chi connectivity index (χ2v) is 16.3. The SMILES string of the molecule is [C-]#[N+]c1c(N)nc(SCc2coc(-c3ccc(Cl)cc3)n2)c(C#N)c1-c1ccc(OC[C@@H](COC(=O)[C@@H](CC(=O)[C@H](C)N)C(C)C)OC(=O)[C@@H](NC(=O)[C@H](C)N)C(C)C)cc1. The van der Waals surface area contributed by atoms with Crippen LogP contribution in [0.5, 0.6) is 5.75 Å². The molecule has 2 aromatic carbocycles. The Hall–Kier alpha value is -5.98. The van der Waals surface area contributed by atoms with Crippen molar-refractivity contribution in [3.8, 4) is 34.4 Å². The Morgan fingerprint density at radius 1 is 0.934 bits per heavy atom. The molecule has 5 atom stereocenters. The Balaban J connectivity index is 1.55. The van der Waals surface area contributed by atoms with E-state index in [4.69, 9.17) is 54.0 Å². The lowest BCUT2D eigenvalue weighted by Crippen LogP contribution is -2.51. The van der Waals surface area contributed by atoms with Gasteiger partial charge in [0.05, 0.1) is 35.8 Å². The number of pyridine rings is 1. The molecule has 7 N–H and O–H groups in total. The van der Waals surface area contributed by atoms with Gasteiger partial charge in [-0.25, -0.2) is 19.6 Å². The van der Waals surface area contributed by atoms with E-state index in [-0.39, 0.29) is 58.1 Å². The monoisotopic (exact) mass is 872 g/mol. The molecule has 61 heavy (non-hydrogen) atoms. The van der Waals surface area contributed by atoms with E-state index >= 15 is 0 Å². The van der Waals surface area contributed by atoms with Crippen LogP contribution in [-0.2, 0) is 34.4 Å². The topological polar surface area (TPSA) is 253 Å². The fraction of sp³-hybridized carbons (Fsp3) is 0.395. The molecule has 18 heteroatoms. The van der Waals surface area contributed by atoms with Gasteiger partial charge in [0.2, 0.25) is 17.5 Å². The first-order valence-corrected chi connectivity index (χ1v) is 20.7. The van der Waals surface area contributed by atoms with Crippen LogP contribution in [-0.4, -0.2) is 71.0 Å². The van der Waals surface area contributed by atoms with E-state index in [2.05, 4.69) is 26.2 Å². The predicted molar refractivity (Wildman–Crippen MR) is 230 cm³/mol. The summed E-state index contributed by atoms with van der Waals surface area (Å²) in [6.45, 7) is 17.1. The summed E-state index contributed by atoms with van der Waals surface area (Å²) in [5, 5.41) is 13.8. The van der Waals surface area contributed by atoms with E-state index in [1.165, 1.54) is 31.9 Å². The number of ether oxygens (including phenoxy) is 3. The second kappa shape index (κ2) is 22.0. The minimum Gasteiger partial charge on any atom is -0.490 e. The molecule has 0 aliphatic rings. The maximum atomic E-state index is 13.4. The number of hydrogen-bond donors (Lipinski definition) is 4. The number of aromatic nitrogens is 2. The summed E-state index contributed by atoms with van der Waals surface area (Å²) in [6, 6.07) is 12.9. The zero-order valence-electron chi connectivity index (χ0n) is 34.6. The number of carbonyl (C=O) groups is 4. The summed E-state index contributed by atoms with van der Waals surface area (Å²) in [4.78, 5) is 64.0. The summed E-state index contributed by atoms with van der Waals surface area (Å²) in [7, 11) is 0. The number of anilines is 1. The van der Waals surface area contributed by atoms with Crippen molar-refractivity contribution in [2.24, 2.45) is 29.2 Å². The highest BCUT2D eigenvalue weighted by Crippen LogP contribution is 2.42. The van der Waals surface area contributed by atoms with E-state index in [0.29, 0.717) is 27.9 Å². The van der Waals surface area contributed by atoms with Crippen molar-refractivity contribution < 1.29 is 37.8 Å². The van der Waals surface area contributed by atoms with Crippen molar-refractivity contribution in [2.75, 3.05) is 18.9 Å². The molecule has 0 aliphatic carbocycles. The maximum Gasteiger partial charge on any atom is 0.329 e. The standard InChI is InChI=1S/C43H49ClN8O8S/c1-22(2)32(16-34(53)24(5)46)42(55)59-20-31(60-43(56)36(23(3)4)51-39(54)25(6)47)19-57-30-14-10-26(11-15-30)35-33(17-45)41(52-38(48)37(35)49-7)61-21-29-18-58-40(50-29)27-8-12-28(44)13-9-27/h8-15,18,22-25,31-32,36H,16,19-21,46-47H2,1-6H3,(H2,48,52)(H,51,54)/t24-,25-,31-,32-,36-/m0/s1. The number of nitrogens with two attached hydrogens (primary N) is 3. The van der Waals surface area contributed by atoms with Gasteiger partial charge in [-0.2, -0.15) is 5.26 Å². The van der Waals surface area contributed by atoms with Crippen LogP contribution in [0.2, 0.25) is 5.02 Å². The lowest BCUT2D eigenvalue weighted by Gasteiger charge is -2.26. The minimum atomic E-state index is -1.16. The molecule has 322 valence electrons. The number of thioether (sulfide) groups is 1. The van der Waals surface area contributed by atoms with Crippen LogP contribution in [0.1, 0.15) is 59.2 Å². The number of halogens is 1. The molecule has 0 fully saturated rings. The van der Waals surface area contributed by atoms with Crippen LogP contribution in [0.4, 0.5) is 11.5 Å². The van der Waals surface area contributed by atoms with Crippen molar-refractivity contribution in [3.63, 3.8) is 0 Å². The number of nitriles is 1. The highest BCUT2D eigenvalue weighted by molar-refractivity contribution is 7.98. The Kier molecular flexibility index (Phi) is 17.2. The smallest absolute Gasteiger partial charge is 0.329 e. The van der Waals surface area contributed by atoms with Crippen LogP contribution in [0.15, 0.2) is 64.2 Å². The molecular weight excluding hydrogens is 824 g/mol. The number of rotatable bonds is 20. The molecule has 0 radical (unpaired) electrons. The average Bonchev–Trinajstić information content (AvgIpc) is 3.70. The number of carbonyl (C=O) groups excluding carboxylic acids is 4. The Bertz CT molecular complexity index is 2270. The number of esters is 2. The first kappa shape index (κ1) is 47.7. The molecule has 0 spiro atoms. The van der Waals surface area contributed by atoms with E-state index < -0.39 is 60.5 Å². The number of nitrogens with one attached hydrogen (secondary N) is 1. The van der Waals surface area contributed by atoms with Crippen molar-refractivity contribution in [3.05, 3.63) is 82.5 Å². The second-order valence-electron chi connectivity index (χ2n) is 14.9. The third-order valence-corrected chi connectivity index (χ3v) is 10.6. The predicted octanol–water partition coefficient (Wildman–Crippen LogP) is 6.25. The lowest BCUT2D eigenvalue weighted by molar-refractivity contribution is -0.166. The van der Waals surface area contributed by atoms with Gasteiger partial charge in [-0.3, -0.25) is 14.4 Å². The minimum absolute atomic E-state index is 0.00651. The molecule has 1 amide bonds. The van der Waals surface area contributed by atoms with E-state index in [1.54, 1.807) is 76.2 Å². The molecule has 4 rings (SSSR count). The first-order chi connectivity index (χ1) is 28.9. The van der Waals surface area contributed by atoms with E-state index in [1.807, 2.05) is 0 Å². The van der Waals surface area contributed by atoms with Gasteiger partial charge in [-0.15, -0.1) is 0 Å². The molecule has 0 saturated carbocycles. The fourth-order valence-electron chi connectivity index (χ4n) is 5.73. The lowest BCUT2D eigenvalue weighted by atomic mass is 9.89. The first-order valence-electron chi connectivity index (χ1n) is 19.3. The van der Waals surface area contributed by atoms with Crippen LogP contribution in [0.3, 0.4) is 0 Å². The number of nitrogen functional groups attached to an aromatic ring is 1. The molecule has 2 aromatic heterocycles.